The molecule has 2 aliphatic heterocycles. The largest absolute Gasteiger partial charge is 0.504 e. The number of hydrogen-bond acceptors (Lipinski definition) is 6. The summed E-state index contributed by atoms with van der Waals surface area (Å²) in [5.74, 6) is 1.72. The molecule has 2 spiro atoms. The predicted octanol–water partition coefficient (Wildman–Crippen LogP) is 4.89. The van der Waals surface area contributed by atoms with Crippen LogP contribution in [0.3, 0.4) is 0 Å². The highest BCUT2D eigenvalue weighted by Gasteiger charge is 2.82. The molecule has 4 bridgehead atoms. The van der Waals surface area contributed by atoms with Crippen LogP contribution >= 0.6 is 11.3 Å². The van der Waals surface area contributed by atoms with Crippen molar-refractivity contribution in [2.45, 2.75) is 87.6 Å². The van der Waals surface area contributed by atoms with Crippen LogP contribution in [-0.2, 0) is 22.2 Å². The van der Waals surface area contributed by atoms with E-state index in [1.165, 1.54) is 30.5 Å². The molecule has 1 saturated heterocycles. The Labute approximate surface area is 217 Å². The van der Waals surface area contributed by atoms with Crippen molar-refractivity contribution >= 4 is 11.3 Å². The first-order valence-corrected chi connectivity index (χ1v) is 14.7. The minimum absolute atomic E-state index is 0.0109. The Hall–Kier alpha value is -1.60. The Bertz CT molecular complexity index is 1270. The summed E-state index contributed by atoms with van der Waals surface area (Å²) >= 11 is 1.66. The SMILES string of the molecule is CO[C@]12CCC3(C[C@@H]1[C@](C)(O)c1sccc1C)C1Cc4ccc(O)c5c4[C@@]3(CCN1CC1CC1)[C@@H]2O5. The first-order valence-electron chi connectivity index (χ1n) is 13.9. The molecular weight excluding hydrogens is 470 g/mol. The highest BCUT2D eigenvalue weighted by atomic mass is 32.1. The zero-order valence-electron chi connectivity index (χ0n) is 21.5. The lowest BCUT2D eigenvalue weighted by molar-refractivity contribution is -0.304. The van der Waals surface area contributed by atoms with Crippen LogP contribution < -0.4 is 4.74 Å². The predicted molar refractivity (Wildman–Crippen MR) is 139 cm³/mol. The number of aryl methyl sites for hydroxylation is 1. The van der Waals surface area contributed by atoms with E-state index in [-0.39, 0.29) is 28.6 Å². The van der Waals surface area contributed by atoms with Gasteiger partial charge in [-0.05, 0) is 99.9 Å². The van der Waals surface area contributed by atoms with Crippen molar-refractivity contribution < 1.29 is 19.7 Å². The van der Waals surface area contributed by atoms with Gasteiger partial charge in [0.25, 0.3) is 0 Å². The maximum Gasteiger partial charge on any atom is 0.165 e. The molecule has 7 aliphatic rings. The van der Waals surface area contributed by atoms with Crippen molar-refractivity contribution in [3.05, 3.63) is 45.1 Å². The Balaban J connectivity index is 1.36. The Morgan fingerprint density at radius 1 is 1.22 bits per heavy atom. The fourth-order valence-corrected chi connectivity index (χ4v) is 11.2. The monoisotopic (exact) mass is 507 g/mol. The average molecular weight is 508 g/mol. The van der Waals surface area contributed by atoms with Crippen LogP contribution in [0.2, 0.25) is 0 Å². The van der Waals surface area contributed by atoms with Crippen molar-refractivity contribution in [2.24, 2.45) is 17.3 Å². The summed E-state index contributed by atoms with van der Waals surface area (Å²) in [4.78, 5) is 3.87. The number of rotatable bonds is 5. The van der Waals surface area contributed by atoms with E-state index in [9.17, 15) is 10.2 Å². The molecule has 4 saturated carbocycles. The number of methoxy groups -OCH3 is 1. The van der Waals surface area contributed by atoms with Crippen molar-refractivity contribution in [3.63, 3.8) is 0 Å². The molecule has 7 atom stereocenters. The minimum atomic E-state index is -1.01. The van der Waals surface area contributed by atoms with E-state index < -0.39 is 11.2 Å². The number of piperidine rings is 1. The molecule has 1 aromatic carbocycles. The van der Waals surface area contributed by atoms with E-state index >= 15 is 0 Å². The standard InChI is InChI=1S/C30H37NO4S/c1-17-8-13-36-25(17)27(2,33)21-15-28-9-10-30(21,34-3)26-29(28)11-12-31(16-18-4-5-18)22(28)14-19-6-7-20(32)24(35-26)23(19)29/h6-8,13,18,21-22,26,32-33H,4-5,9-12,14-16H2,1-3H3/t21-,22?,26+,27+,28?,29+,30-/m1/s1. The number of phenols is 1. The molecule has 0 radical (unpaired) electrons. The molecule has 192 valence electrons. The highest BCUT2D eigenvalue weighted by molar-refractivity contribution is 7.10. The molecule has 6 heteroatoms. The lowest BCUT2D eigenvalue weighted by atomic mass is 9.33. The maximum atomic E-state index is 12.4. The lowest BCUT2D eigenvalue weighted by Gasteiger charge is -2.75. The third-order valence-corrected chi connectivity index (χ3v) is 12.9. The zero-order chi connectivity index (χ0) is 24.7. The molecule has 2 unspecified atom stereocenters. The Morgan fingerprint density at radius 3 is 2.78 bits per heavy atom. The summed E-state index contributed by atoms with van der Waals surface area (Å²) in [6, 6.07) is 6.56. The summed E-state index contributed by atoms with van der Waals surface area (Å²) in [5, 5.41) is 25.5. The number of nitrogens with zero attached hydrogens (tertiary/aromatic N) is 1. The van der Waals surface area contributed by atoms with Crippen LogP contribution in [0.4, 0.5) is 0 Å². The lowest BCUT2D eigenvalue weighted by Crippen LogP contribution is -2.82. The van der Waals surface area contributed by atoms with Gasteiger partial charge in [0, 0.05) is 46.9 Å². The molecule has 2 N–H and O–H groups in total. The van der Waals surface area contributed by atoms with Gasteiger partial charge < -0.3 is 19.7 Å². The van der Waals surface area contributed by atoms with Gasteiger partial charge in [0.15, 0.2) is 11.5 Å². The van der Waals surface area contributed by atoms with E-state index in [1.54, 1.807) is 11.3 Å². The number of thiophene rings is 1. The van der Waals surface area contributed by atoms with Crippen molar-refractivity contribution in [1.82, 2.24) is 4.90 Å². The number of fused-ring (bicyclic) bond motifs is 2. The summed E-state index contributed by atoms with van der Waals surface area (Å²) in [5.41, 5.74) is 2.02. The van der Waals surface area contributed by atoms with E-state index in [0.29, 0.717) is 11.8 Å². The van der Waals surface area contributed by atoms with Gasteiger partial charge >= 0.3 is 0 Å². The van der Waals surface area contributed by atoms with Crippen LogP contribution in [0.1, 0.15) is 67.0 Å². The van der Waals surface area contributed by atoms with Gasteiger partial charge in [0.05, 0.1) is 0 Å². The quantitative estimate of drug-likeness (QED) is 0.603. The van der Waals surface area contributed by atoms with E-state index in [0.717, 1.165) is 55.0 Å². The topological polar surface area (TPSA) is 62.2 Å². The first-order chi connectivity index (χ1) is 17.3. The Morgan fingerprint density at radius 2 is 2.06 bits per heavy atom. The Kier molecular flexibility index (Phi) is 4.28. The van der Waals surface area contributed by atoms with Gasteiger partial charge in [-0.15, -0.1) is 11.3 Å². The normalized spacial score (nSPS) is 41.6. The number of phenolic OH excluding ortho intramolecular Hbond substituents is 1. The number of benzene rings is 1. The van der Waals surface area contributed by atoms with E-state index in [4.69, 9.17) is 9.47 Å². The summed E-state index contributed by atoms with van der Waals surface area (Å²) < 4.78 is 13.5. The van der Waals surface area contributed by atoms with Crippen molar-refractivity contribution in [1.29, 1.82) is 0 Å². The molecule has 5 nitrogen and oxygen atoms in total. The van der Waals surface area contributed by atoms with Crippen molar-refractivity contribution in [3.8, 4) is 11.5 Å². The van der Waals surface area contributed by atoms with Gasteiger partial charge in [0.2, 0.25) is 0 Å². The molecule has 9 rings (SSSR count). The highest BCUT2D eigenvalue weighted by Crippen LogP contribution is 2.78. The number of ether oxygens (including phenoxy) is 2. The van der Waals surface area contributed by atoms with Crippen LogP contribution in [-0.4, -0.2) is 53.1 Å². The van der Waals surface area contributed by atoms with E-state index in [1.807, 2.05) is 20.1 Å². The number of aliphatic hydroxyl groups is 1. The molecular formula is C30H37NO4S. The molecule has 0 amide bonds. The van der Waals surface area contributed by atoms with Gasteiger partial charge in [-0.25, -0.2) is 0 Å². The van der Waals surface area contributed by atoms with Crippen LogP contribution in [0.5, 0.6) is 11.5 Å². The fraction of sp³-hybridized carbons (Fsp3) is 0.667. The third-order valence-electron chi connectivity index (χ3n) is 11.7. The van der Waals surface area contributed by atoms with Gasteiger partial charge in [-0.2, -0.15) is 0 Å². The molecule has 5 fully saturated rings. The second kappa shape index (κ2) is 6.88. The molecule has 3 heterocycles. The fourth-order valence-electron chi connectivity index (χ4n) is 10.1. The second-order valence-electron chi connectivity index (χ2n) is 13.0. The molecule has 36 heavy (non-hydrogen) atoms. The third kappa shape index (κ3) is 2.36. The minimum Gasteiger partial charge on any atom is -0.504 e. The van der Waals surface area contributed by atoms with Crippen LogP contribution in [0.15, 0.2) is 23.6 Å². The van der Waals surface area contributed by atoms with Gasteiger partial charge in [0.1, 0.15) is 17.3 Å². The first kappa shape index (κ1) is 22.4. The maximum absolute atomic E-state index is 12.4. The second-order valence-corrected chi connectivity index (χ2v) is 13.9. The molecule has 2 aromatic rings. The summed E-state index contributed by atoms with van der Waals surface area (Å²) in [6.07, 6.45) is 7.51. The molecule has 5 aliphatic carbocycles. The summed E-state index contributed by atoms with van der Waals surface area (Å²) in [7, 11) is 1.83. The van der Waals surface area contributed by atoms with Gasteiger partial charge in [-0.3, -0.25) is 4.90 Å². The van der Waals surface area contributed by atoms with E-state index in [2.05, 4.69) is 29.3 Å². The van der Waals surface area contributed by atoms with Gasteiger partial charge in [-0.1, -0.05) is 6.07 Å². The zero-order valence-corrected chi connectivity index (χ0v) is 22.4. The smallest absolute Gasteiger partial charge is 0.165 e. The summed E-state index contributed by atoms with van der Waals surface area (Å²) in [6.45, 7) is 6.42. The number of likely N-dealkylation sites (tertiary alicyclic amines) is 1. The van der Waals surface area contributed by atoms with Crippen molar-refractivity contribution in [2.75, 3.05) is 20.2 Å². The number of aromatic hydroxyl groups is 1. The average Bonchev–Trinajstić information content (AvgIpc) is 3.44. The van der Waals surface area contributed by atoms with Crippen LogP contribution in [0.25, 0.3) is 0 Å². The molecule has 1 aromatic heterocycles. The number of hydrogen-bond donors (Lipinski definition) is 2. The van der Waals surface area contributed by atoms with Crippen LogP contribution in [0, 0.1) is 24.2 Å².